The van der Waals surface area contributed by atoms with Crippen molar-refractivity contribution in [1.82, 2.24) is 0 Å². The normalized spacial score (nSPS) is 23.4. The molecular formula is C21H22N2O2. The number of rotatable bonds is 5. The molecule has 2 aliphatic rings. The molecule has 2 aliphatic heterocycles. The Balaban J connectivity index is 1.53. The van der Waals surface area contributed by atoms with Gasteiger partial charge in [0.1, 0.15) is 31.2 Å². The lowest BCUT2D eigenvalue weighted by Crippen LogP contribution is -2.24. The smallest absolute Gasteiger partial charge is 0.196 e. The third-order valence-corrected chi connectivity index (χ3v) is 4.72. The van der Waals surface area contributed by atoms with Crippen molar-refractivity contribution in [3.63, 3.8) is 0 Å². The van der Waals surface area contributed by atoms with E-state index in [1.165, 1.54) is 11.1 Å². The predicted molar refractivity (Wildman–Crippen MR) is 98.9 cm³/mol. The Morgan fingerprint density at radius 1 is 0.800 bits per heavy atom. The van der Waals surface area contributed by atoms with E-state index >= 15 is 0 Å². The van der Waals surface area contributed by atoms with Crippen LogP contribution in [0, 0.1) is 5.92 Å². The van der Waals surface area contributed by atoms with Gasteiger partial charge in [0.15, 0.2) is 11.8 Å². The molecule has 25 heavy (non-hydrogen) atoms. The highest BCUT2D eigenvalue weighted by Gasteiger charge is 2.33. The fraction of sp³-hybridized carbons (Fsp3) is 0.333. The maximum absolute atomic E-state index is 5.92. The van der Waals surface area contributed by atoms with Gasteiger partial charge in [0.25, 0.3) is 0 Å². The van der Waals surface area contributed by atoms with Gasteiger partial charge in [-0.15, -0.1) is 0 Å². The summed E-state index contributed by atoms with van der Waals surface area (Å²) in [5, 5.41) is 0. The van der Waals surface area contributed by atoms with E-state index in [0.717, 1.165) is 18.2 Å². The topological polar surface area (TPSA) is 43.2 Å². The van der Waals surface area contributed by atoms with Crippen molar-refractivity contribution in [3.8, 4) is 0 Å². The molecule has 0 saturated carbocycles. The minimum absolute atomic E-state index is 0.00224. The highest BCUT2D eigenvalue weighted by molar-refractivity contribution is 6.01. The van der Waals surface area contributed by atoms with Gasteiger partial charge in [-0.3, -0.25) is 0 Å². The summed E-state index contributed by atoms with van der Waals surface area (Å²) < 4.78 is 11.8. The second kappa shape index (κ2) is 7.09. The summed E-state index contributed by atoms with van der Waals surface area (Å²) in [6.45, 7) is 3.30. The average molecular weight is 334 g/mol. The van der Waals surface area contributed by atoms with Crippen LogP contribution in [0.4, 0.5) is 0 Å². The first-order valence-electron chi connectivity index (χ1n) is 8.86. The maximum Gasteiger partial charge on any atom is 0.196 e. The Labute approximate surface area is 148 Å². The first-order valence-corrected chi connectivity index (χ1v) is 8.86. The molecule has 0 amide bonds. The molecular weight excluding hydrogens is 312 g/mol. The van der Waals surface area contributed by atoms with Crippen LogP contribution in [0.15, 0.2) is 70.6 Å². The minimum Gasteiger partial charge on any atom is -0.478 e. The van der Waals surface area contributed by atoms with Crippen molar-refractivity contribution < 1.29 is 9.47 Å². The van der Waals surface area contributed by atoms with Gasteiger partial charge in [0.2, 0.25) is 0 Å². The van der Waals surface area contributed by atoms with Gasteiger partial charge in [-0.1, -0.05) is 67.6 Å². The van der Waals surface area contributed by atoms with Gasteiger partial charge in [0, 0.05) is 0 Å². The van der Waals surface area contributed by atoms with Crippen molar-refractivity contribution in [2.75, 3.05) is 13.2 Å². The molecule has 0 radical (unpaired) electrons. The third kappa shape index (κ3) is 3.29. The van der Waals surface area contributed by atoms with E-state index in [0.29, 0.717) is 13.2 Å². The summed E-state index contributed by atoms with van der Waals surface area (Å²) in [6, 6.07) is 20.7. The van der Waals surface area contributed by atoms with Gasteiger partial charge in [-0.25, -0.2) is 9.98 Å². The molecule has 4 nitrogen and oxygen atoms in total. The fourth-order valence-corrected chi connectivity index (χ4v) is 3.31. The molecule has 2 aromatic rings. The largest absolute Gasteiger partial charge is 0.478 e. The van der Waals surface area contributed by atoms with Crippen molar-refractivity contribution >= 4 is 11.8 Å². The van der Waals surface area contributed by atoms with E-state index in [1.807, 2.05) is 36.4 Å². The predicted octanol–water partition coefficient (Wildman–Crippen LogP) is 4.35. The van der Waals surface area contributed by atoms with Crippen LogP contribution in [0.5, 0.6) is 0 Å². The number of aliphatic imine (C=N–C) groups is 2. The van der Waals surface area contributed by atoms with E-state index in [4.69, 9.17) is 19.5 Å². The summed E-state index contributed by atoms with van der Waals surface area (Å²) in [4.78, 5) is 9.61. The Hall–Kier alpha value is -2.62. The van der Waals surface area contributed by atoms with Crippen molar-refractivity contribution in [3.05, 3.63) is 71.8 Å². The zero-order valence-electron chi connectivity index (χ0n) is 14.3. The van der Waals surface area contributed by atoms with Crippen LogP contribution >= 0.6 is 0 Å². The standard InChI is InChI=1S/C21H22N2O2/c1-2-17(20-22-18(13-24-20)15-9-5-3-6-10-15)21-23-19(14-25-21)16-11-7-4-8-12-16/h3-12,17-19H,2,13-14H2,1H3. The number of nitrogens with zero attached hydrogens (tertiary/aromatic N) is 2. The number of hydrogen-bond donors (Lipinski definition) is 0. The number of hydrogen-bond acceptors (Lipinski definition) is 4. The molecule has 0 aromatic heterocycles. The van der Waals surface area contributed by atoms with Crippen molar-refractivity contribution in [2.45, 2.75) is 25.4 Å². The number of ether oxygens (including phenoxy) is 2. The quantitative estimate of drug-likeness (QED) is 0.816. The second-order valence-electron chi connectivity index (χ2n) is 6.37. The molecule has 0 spiro atoms. The molecule has 0 fully saturated rings. The Morgan fingerprint density at radius 3 is 1.64 bits per heavy atom. The van der Waals surface area contributed by atoms with Crippen LogP contribution in [-0.2, 0) is 9.47 Å². The first-order chi connectivity index (χ1) is 12.3. The van der Waals surface area contributed by atoms with Gasteiger partial charge in [-0.05, 0) is 17.5 Å². The van der Waals surface area contributed by atoms with Gasteiger partial charge in [-0.2, -0.15) is 0 Å². The lowest BCUT2D eigenvalue weighted by atomic mass is 10.1. The lowest BCUT2D eigenvalue weighted by Gasteiger charge is -2.13. The van der Waals surface area contributed by atoms with Crippen LogP contribution in [0.3, 0.4) is 0 Å². The maximum atomic E-state index is 5.92. The summed E-state index contributed by atoms with van der Waals surface area (Å²) in [6.07, 6.45) is 0.862. The van der Waals surface area contributed by atoms with Crippen LogP contribution in [-0.4, -0.2) is 25.0 Å². The molecule has 0 saturated heterocycles. The van der Waals surface area contributed by atoms with Crippen LogP contribution < -0.4 is 0 Å². The molecule has 2 atom stereocenters. The van der Waals surface area contributed by atoms with Crippen LogP contribution in [0.2, 0.25) is 0 Å². The molecule has 0 N–H and O–H groups in total. The third-order valence-electron chi connectivity index (χ3n) is 4.72. The fourth-order valence-electron chi connectivity index (χ4n) is 3.31. The monoisotopic (exact) mass is 334 g/mol. The summed E-state index contributed by atoms with van der Waals surface area (Å²) in [7, 11) is 0. The Kier molecular flexibility index (Phi) is 4.51. The molecule has 128 valence electrons. The number of benzene rings is 2. The summed E-state index contributed by atoms with van der Waals surface area (Å²) >= 11 is 0. The zero-order valence-corrected chi connectivity index (χ0v) is 14.3. The van der Waals surface area contributed by atoms with E-state index in [1.54, 1.807) is 0 Å². The molecule has 0 aliphatic carbocycles. The highest BCUT2D eigenvalue weighted by atomic mass is 16.5. The molecule has 0 bridgehead atoms. The average Bonchev–Trinajstić information content (AvgIpc) is 3.35. The van der Waals surface area contributed by atoms with Gasteiger partial charge >= 0.3 is 0 Å². The van der Waals surface area contributed by atoms with Crippen LogP contribution in [0.1, 0.15) is 36.6 Å². The van der Waals surface area contributed by atoms with E-state index < -0.39 is 0 Å². The van der Waals surface area contributed by atoms with Gasteiger partial charge in [0.05, 0.1) is 0 Å². The van der Waals surface area contributed by atoms with Crippen LogP contribution in [0.25, 0.3) is 0 Å². The van der Waals surface area contributed by atoms with E-state index in [9.17, 15) is 0 Å². The summed E-state index contributed by atoms with van der Waals surface area (Å²) in [5.41, 5.74) is 2.37. The SMILES string of the molecule is CCC(C1=NC(c2ccccc2)CO1)C1=NC(c2ccccc2)CO1. The zero-order chi connectivity index (χ0) is 17.1. The van der Waals surface area contributed by atoms with Crippen molar-refractivity contribution in [2.24, 2.45) is 15.9 Å². The van der Waals surface area contributed by atoms with E-state index in [2.05, 4.69) is 31.2 Å². The lowest BCUT2D eigenvalue weighted by molar-refractivity contribution is 0.283. The van der Waals surface area contributed by atoms with Crippen molar-refractivity contribution in [1.29, 1.82) is 0 Å². The Morgan fingerprint density at radius 2 is 1.24 bits per heavy atom. The molecule has 4 rings (SSSR count). The highest BCUT2D eigenvalue weighted by Crippen LogP contribution is 2.30. The van der Waals surface area contributed by atoms with E-state index in [-0.39, 0.29) is 18.0 Å². The first kappa shape index (κ1) is 15.9. The van der Waals surface area contributed by atoms with Gasteiger partial charge < -0.3 is 9.47 Å². The second-order valence-corrected chi connectivity index (χ2v) is 6.37. The molecule has 4 heteroatoms. The molecule has 2 heterocycles. The minimum atomic E-state index is 0.00224. The molecule has 2 unspecified atom stereocenters. The summed E-state index contributed by atoms with van der Waals surface area (Å²) in [5.74, 6) is 1.51. The Bertz CT molecular complexity index is 705. The molecule has 2 aromatic carbocycles.